The second kappa shape index (κ2) is 10.5. The Kier molecular flexibility index (Phi) is 7.56. The molecule has 0 radical (unpaired) electrons. The van der Waals surface area contributed by atoms with Crippen LogP contribution in [0, 0.1) is 18.6 Å². The SMILES string of the molecule is Cc1cccc(CC[C@@]2(N(C)C)CCCN(c3cc(F)c(S(=O)(=O)Nc4ccncn4)c(F)c3)C2)c1. The van der Waals surface area contributed by atoms with Crippen LogP contribution in [-0.2, 0) is 16.4 Å². The van der Waals surface area contributed by atoms with Crippen LogP contribution in [-0.4, -0.2) is 56.0 Å². The van der Waals surface area contributed by atoms with Crippen molar-refractivity contribution in [1.29, 1.82) is 0 Å². The van der Waals surface area contributed by atoms with E-state index in [1.54, 1.807) is 0 Å². The summed E-state index contributed by atoms with van der Waals surface area (Å²) in [7, 11) is -0.444. The number of aromatic nitrogens is 2. The van der Waals surface area contributed by atoms with Crippen molar-refractivity contribution in [2.45, 2.75) is 43.0 Å². The molecule has 1 N–H and O–H groups in total. The third-order valence-corrected chi connectivity index (χ3v) is 8.31. The van der Waals surface area contributed by atoms with Crippen LogP contribution in [0.2, 0.25) is 0 Å². The Morgan fingerprint density at radius 3 is 2.53 bits per heavy atom. The molecular weight excluding hydrogens is 484 g/mol. The third kappa shape index (κ3) is 5.65. The summed E-state index contributed by atoms with van der Waals surface area (Å²) in [6.45, 7) is 3.28. The van der Waals surface area contributed by atoms with Gasteiger partial charge in [-0.2, -0.15) is 0 Å². The minimum Gasteiger partial charge on any atom is -0.370 e. The highest BCUT2D eigenvalue weighted by Crippen LogP contribution is 2.35. The fourth-order valence-corrected chi connectivity index (χ4v) is 6.03. The molecule has 1 aromatic heterocycles. The van der Waals surface area contributed by atoms with E-state index >= 15 is 8.78 Å². The lowest BCUT2D eigenvalue weighted by atomic mass is 9.82. The second-order valence-corrected chi connectivity index (χ2v) is 11.2. The van der Waals surface area contributed by atoms with Crippen LogP contribution in [0.25, 0.3) is 0 Å². The lowest BCUT2D eigenvalue weighted by Gasteiger charge is -2.48. The monoisotopic (exact) mass is 515 g/mol. The molecule has 0 saturated carbocycles. The zero-order chi connectivity index (χ0) is 25.9. The summed E-state index contributed by atoms with van der Waals surface area (Å²) in [4.78, 5) is 10.6. The second-order valence-electron chi connectivity index (χ2n) is 9.57. The highest BCUT2D eigenvalue weighted by atomic mass is 32.2. The number of hydrogen-bond acceptors (Lipinski definition) is 6. The molecular formula is C26H31F2N5O2S. The van der Waals surface area contributed by atoms with Gasteiger partial charge in [-0.3, -0.25) is 4.72 Å². The lowest BCUT2D eigenvalue weighted by molar-refractivity contribution is 0.116. The first-order valence-corrected chi connectivity index (χ1v) is 13.3. The zero-order valence-electron chi connectivity index (χ0n) is 20.7. The molecule has 0 spiro atoms. The van der Waals surface area contributed by atoms with Gasteiger partial charge in [0.05, 0.1) is 0 Å². The van der Waals surface area contributed by atoms with Gasteiger partial charge in [-0.15, -0.1) is 0 Å². The summed E-state index contributed by atoms with van der Waals surface area (Å²) < 4.78 is 57.7. The Hall–Kier alpha value is -3.11. The molecule has 2 heterocycles. The van der Waals surface area contributed by atoms with E-state index in [1.807, 2.05) is 19.0 Å². The van der Waals surface area contributed by atoms with Crippen molar-refractivity contribution >= 4 is 21.5 Å². The van der Waals surface area contributed by atoms with E-state index in [4.69, 9.17) is 0 Å². The van der Waals surface area contributed by atoms with Crippen molar-refractivity contribution in [3.05, 3.63) is 77.8 Å². The normalized spacial score (nSPS) is 18.4. The quantitative estimate of drug-likeness (QED) is 0.479. The molecule has 1 aliphatic rings. The van der Waals surface area contributed by atoms with Crippen LogP contribution in [0.1, 0.15) is 30.4 Å². The molecule has 1 atom stereocenters. The lowest BCUT2D eigenvalue weighted by Crippen LogP contribution is -2.56. The molecule has 36 heavy (non-hydrogen) atoms. The van der Waals surface area contributed by atoms with Gasteiger partial charge < -0.3 is 9.80 Å². The van der Waals surface area contributed by atoms with E-state index < -0.39 is 26.6 Å². The molecule has 10 heteroatoms. The molecule has 0 bridgehead atoms. The zero-order valence-corrected chi connectivity index (χ0v) is 21.5. The van der Waals surface area contributed by atoms with Crippen molar-refractivity contribution in [3.63, 3.8) is 0 Å². The van der Waals surface area contributed by atoms with E-state index in [9.17, 15) is 8.42 Å². The number of nitrogens with zero attached hydrogens (tertiary/aromatic N) is 4. The smallest absolute Gasteiger partial charge is 0.268 e. The predicted octanol–water partition coefficient (Wildman–Crippen LogP) is 4.40. The van der Waals surface area contributed by atoms with Crippen LogP contribution in [0.4, 0.5) is 20.3 Å². The molecule has 0 aliphatic carbocycles. The Balaban J connectivity index is 1.57. The maximum Gasteiger partial charge on any atom is 0.268 e. The fourth-order valence-electron chi connectivity index (χ4n) is 4.90. The number of benzene rings is 2. The molecule has 192 valence electrons. The van der Waals surface area contributed by atoms with Gasteiger partial charge in [-0.1, -0.05) is 29.8 Å². The maximum absolute atomic E-state index is 15.1. The number of anilines is 2. The number of likely N-dealkylation sites (N-methyl/N-ethyl adjacent to an activating group) is 1. The van der Waals surface area contributed by atoms with Crippen LogP contribution in [0.3, 0.4) is 0 Å². The van der Waals surface area contributed by atoms with E-state index in [2.05, 4.69) is 50.8 Å². The number of sulfonamides is 1. The number of rotatable bonds is 8. The number of nitrogens with one attached hydrogen (secondary N) is 1. The fraction of sp³-hybridized carbons (Fsp3) is 0.385. The Labute approximate surface area is 211 Å². The van der Waals surface area contributed by atoms with Gasteiger partial charge in [0.15, 0.2) is 4.90 Å². The van der Waals surface area contributed by atoms with Gasteiger partial charge in [0.1, 0.15) is 23.8 Å². The number of piperidine rings is 1. The first kappa shape index (κ1) is 26.0. The summed E-state index contributed by atoms with van der Waals surface area (Å²) in [6.07, 6.45) is 6.06. The van der Waals surface area contributed by atoms with Crippen LogP contribution < -0.4 is 9.62 Å². The van der Waals surface area contributed by atoms with Crippen molar-refractivity contribution in [2.75, 3.05) is 36.8 Å². The Morgan fingerprint density at radius 1 is 1.14 bits per heavy atom. The van der Waals surface area contributed by atoms with Gasteiger partial charge in [0, 0.05) is 30.5 Å². The number of hydrogen-bond donors (Lipinski definition) is 1. The van der Waals surface area contributed by atoms with Crippen LogP contribution in [0.15, 0.2) is 59.9 Å². The molecule has 3 aromatic rings. The minimum atomic E-state index is -4.52. The average molecular weight is 516 g/mol. The van der Waals surface area contributed by atoms with E-state index in [1.165, 1.54) is 23.4 Å². The van der Waals surface area contributed by atoms with E-state index in [0.717, 1.165) is 44.1 Å². The third-order valence-electron chi connectivity index (χ3n) is 6.90. The van der Waals surface area contributed by atoms with Crippen LogP contribution >= 0.6 is 0 Å². The molecule has 1 fully saturated rings. The Bertz CT molecular complexity index is 1300. The van der Waals surface area contributed by atoms with Gasteiger partial charge in [0.2, 0.25) is 0 Å². The highest BCUT2D eigenvalue weighted by molar-refractivity contribution is 7.92. The van der Waals surface area contributed by atoms with E-state index in [-0.39, 0.29) is 11.4 Å². The van der Waals surface area contributed by atoms with Crippen LogP contribution in [0.5, 0.6) is 0 Å². The van der Waals surface area contributed by atoms with Crippen molar-refractivity contribution in [2.24, 2.45) is 0 Å². The van der Waals surface area contributed by atoms with Gasteiger partial charge >= 0.3 is 0 Å². The predicted molar refractivity (Wildman–Crippen MR) is 137 cm³/mol. The molecule has 1 aliphatic heterocycles. The van der Waals surface area contributed by atoms with E-state index in [0.29, 0.717) is 18.8 Å². The molecule has 4 rings (SSSR count). The average Bonchev–Trinajstić information content (AvgIpc) is 2.82. The van der Waals surface area contributed by atoms with Gasteiger partial charge in [-0.25, -0.2) is 27.2 Å². The molecule has 0 amide bonds. The molecule has 7 nitrogen and oxygen atoms in total. The molecule has 2 aromatic carbocycles. The van der Waals surface area contributed by atoms with Crippen molar-refractivity contribution in [3.8, 4) is 0 Å². The van der Waals surface area contributed by atoms with Gasteiger partial charge in [0.25, 0.3) is 10.0 Å². The summed E-state index contributed by atoms with van der Waals surface area (Å²) in [5.41, 5.74) is 2.62. The highest BCUT2D eigenvalue weighted by Gasteiger charge is 2.38. The topological polar surface area (TPSA) is 78.4 Å². The first-order chi connectivity index (χ1) is 17.1. The summed E-state index contributed by atoms with van der Waals surface area (Å²) >= 11 is 0. The molecule has 0 unspecified atom stereocenters. The summed E-state index contributed by atoms with van der Waals surface area (Å²) in [6, 6.07) is 11.9. The number of halogens is 2. The maximum atomic E-state index is 15.1. The number of aryl methyl sites for hydroxylation is 2. The molecule has 1 saturated heterocycles. The van der Waals surface area contributed by atoms with Crippen molar-refractivity contribution < 1.29 is 17.2 Å². The summed E-state index contributed by atoms with van der Waals surface area (Å²) in [5.74, 6) is -2.37. The van der Waals surface area contributed by atoms with Crippen molar-refractivity contribution in [1.82, 2.24) is 14.9 Å². The Morgan fingerprint density at radius 2 is 1.89 bits per heavy atom. The standard InChI is InChI=1S/C26H31F2N5O2S/c1-19-6-4-7-20(14-19)8-11-26(32(2)3)10-5-13-33(17-26)21-15-22(27)25(23(28)16-21)36(34,35)31-24-9-12-29-18-30-24/h4,6-7,9,12,14-16,18H,5,8,10-11,13,17H2,1-3H3,(H,29,30,31)/t26-/m0/s1. The minimum absolute atomic E-state index is 0.0757. The summed E-state index contributed by atoms with van der Waals surface area (Å²) in [5, 5.41) is 0. The first-order valence-electron chi connectivity index (χ1n) is 11.9. The largest absolute Gasteiger partial charge is 0.370 e. The van der Waals surface area contributed by atoms with Gasteiger partial charge in [-0.05, 0) is 70.5 Å².